The van der Waals surface area contributed by atoms with Gasteiger partial charge in [-0.15, -0.1) is 0 Å². The van der Waals surface area contributed by atoms with Crippen LogP contribution in [-0.2, 0) is 0 Å². The summed E-state index contributed by atoms with van der Waals surface area (Å²) >= 11 is 0. The lowest BCUT2D eigenvalue weighted by Gasteiger charge is -2.05. The average molecular weight is 201 g/mol. The second-order valence-corrected chi connectivity index (χ2v) is 2.95. The van der Waals surface area contributed by atoms with Gasteiger partial charge in [0.05, 0.1) is 7.11 Å². The monoisotopic (exact) mass is 201 g/mol. The lowest BCUT2D eigenvalue weighted by molar-refractivity contribution is 0.407. The van der Waals surface area contributed by atoms with E-state index in [1.54, 1.807) is 19.4 Å². The fourth-order valence-electron chi connectivity index (χ4n) is 1.19. The van der Waals surface area contributed by atoms with E-state index in [0.29, 0.717) is 11.6 Å². The van der Waals surface area contributed by atoms with Crippen molar-refractivity contribution in [2.75, 3.05) is 7.11 Å². The Balaban J connectivity index is 2.17. The predicted octanol–water partition coefficient (Wildman–Crippen LogP) is 2.88. The fourth-order valence-corrected chi connectivity index (χ4v) is 1.19. The summed E-state index contributed by atoms with van der Waals surface area (Å²) in [5.41, 5.74) is 0. The largest absolute Gasteiger partial charge is 0.497 e. The van der Waals surface area contributed by atoms with Crippen molar-refractivity contribution < 1.29 is 9.47 Å². The van der Waals surface area contributed by atoms with Crippen LogP contribution in [0.5, 0.6) is 17.4 Å². The smallest absolute Gasteiger partial charge is 0.219 e. The highest BCUT2D eigenvalue weighted by Crippen LogP contribution is 2.23. The van der Waals surface area contributed by atoms with Gasteiger partial charge in [-0.25, -0.2) is 4.98 Å². The molecule has 0 aliphatic carbocycles. The van der Waals surface area contributed by atoms with Crippen molar-refractivity contribution in [3.8, 4) is 17.4 Å². The number of nitrogens with zero attached hydrogens (tertiary/aromatic N) is 1. The zero-order chi connectivity index (χ0) is 10.5. The maximum Gasteiger partial charge on any atom is 0.219 e. The molecule has 76 valence electrons. The number of methoxy groups -OCH3 is 1. The summed E-state index contributed by atoms with van der Waals surface area (Å²) in [6.07, 6.45) is 1.69. The van der Waals surface area contributed by atoms with Gasteiger partial charge in [-0.1, -0.05) is 12.1 Å². The molecule has 2 aromatic rings. The van der Waals surface area contributed by atoms with E-state index >= 15 is 0 Å². The highest BCUT2D eigenvalue weighted by atomic mass is 16.5. The van der Waals surface area contributed by atoms with Gasteiger partial charge in [-0.2, -0.15) is 0 Å². The van der Waals surface area contributed by atoms with Crippen LogP contribution < -0.4 is 9.47 Å². The SMILES string of the molecule is COc1cccc(Oc2ccccn2)c1. The Bertz CT molecular complexity index is 429. The van der Waals surface area contributed by atoms with E-state index in [4.69, 9.17) is 9.47 Å². The van der Waals surface area contributed by atoms with Crippen molar-refractivity contribution in [3.63, 3.8) is 0 Å². The lowest BCUT2D eigenvalue weighted by atomic mass is 10.3. The minimum absolute atomic E-state index is 0.575. The molecular formula is C12H11NO2. The van der Waals surface area contributed by atoms with E-state index in [1.165, 1.54) is 0 Å². The van der Waals surface area contributed by atoms with Gasteiger partial charge in [0.15, 0.2) is 0 Å². The van der Waals surface area contributed by atoms with Crippen molar-refractivity contribution in [2.24, 2.45) is 0 Å². The molecule has 0 saturated carbocycles. The van der Waals surface area contributed by atoms with E-state index in [9.17, 15) is 0 Å². The minimum Gasteiger partial charge on any atom is -0.497 e. The maximum absolute atomic E-state index is 5.53. The fraction of sp³-hybridized carbons (Fsp3) is 0.0833. The molecule has 0 fully saturated rings. The Morgan fingerprint density at radius 3 is 2.60 bits per heavy atom. The number of pyridine rings is 1. The molecule has 0 aliphatic heterocycles. The second-order valence-electron chi connectivity index (χ2n) is 2.95. The van der Waals surface area contributed by atoms with Gasteiger partial charge in [0.2, 0.25) is 5.88 Å². The zero-order valence-corrected chi connectivity index (χ0v) is 8.38. The summed E-state index contributed by atoms with van der Waals surface area (Å²) in [5, 5.41) is 0. The van der Waals surface area contributed by atoms with Crippen LogP contribution in [0.25, 0.3) is 0 Å². The third kappa shape index (κ3) is 2.47. The van der Waals surface area contributed by atoms with Crippen LogP contribution in [0.3, 0.4) is 0 Å². The molecule has 0 amide bonds. The van der Waals surface area contributed by atoms with E-state index < -0.39 is 0 Å². The van der Waals surface area contributed by atoms with Crippen molar-refractivity contribution in [2.45, 2.75) is 0 Å². The Hall–Kier alpha value is -2.03. The van der Waals surface area contributed by atoms with E-state index in [1.807, 2.05) is 36.4 Å². The third-order valence-electron chi connectivity index (χ3n) is 1.90. The molecule has 1 aromatic heterocycles. The highest BCUT2D eigenvalue weighted by Gasteiger charge is 1.98. The van der Waals surface area contributed by atoms with Crippen LogP contribution in [0, 0.1) is 0 Å². The molecule has 2 rings (SSSR count). The normalized spacial score (nSPS) is 9.67. The maximum atomic E-state index is 5.53. The molecule has 0 aliphatic rings. The molecule has 0 bridgehead atoms. The number of hydrogen-bond acceptors (Lipinski definition) is 3. The summed E-state index contributed by atoms with van der Waals surface area (Å²) in [5.74, 6) is 2.06. The van der Waals surface area contributed by atoms with Crippen molar-refractivity contribution >= 4 is 0 Å². The summed E-state index contributed by atoms with van der Waals surface area (Å²) in [4.78, 5) is 4.07. The molecule has 1 heterocycles. The molecule has 1 aromatic carbocycles. The summed E-state index contributed by atoms with van der Waals surface area (Å²) in [7, 11) is 1.62. The number of rotatable bonds is 3. The summed E-state index contributed by atoms with van der Waals surface area (Å²) in [6.45, 7) is 0. The third-order valence-corrected chi connectivity index (χ3v) is 1.90. The van der Waals surface area contributed by atoms with Gasteiger partial charge in [0.1, 0.15) is 11.5 Å². The quantitative estimate of drug-likeness (QED) is 0.765. The first-order valence-electron chi connectivity index (χ1n) is 4.61. The van der Waals surface area contributed by atoms with Gasteiger partial charge in [-0.05, 0) is 18.2 Å². The number of benzene rings is 1. The van der Waals surface area contributed by atoms with Crippen molar-refractivity contribution in [3.05, 3.63) is 48.7 Å². The van der Waals surface area contributed by atoms with Crippen LogP contribution in [0.15, 0.2) is 48.7 Å². The topological polar surface area (TPSA) is 31.4 Å². The van der Waals surface area contributed by atoms with E-state index in [2.05, 4.69) is 4.98 Å². The first-order valence-corrected chi connectivity index (χ1v) is 4.61. The number of hydrogen-bond donors (Lipinski definition) is 0. The molecule has 3 heteroatoms. The number of aromatic nitrogens is 1. The Kier molecular flexibility index (Phi) is 2.83. The first kappa shape index (κ1) is 9.52. The molecule has 0 saturated heterocycles. The molecule has 0 radical (unpaired) electrons. The van der Waals surface area contributed by atoms with Crippen LogP contribution in [0.4, 0.5) is 0 Å². The molecule has 0 atom stereocenters. The molecule has 15 heavy (non-hydrogen) atoms. The van der Waals surface area contributed by atoms with Crippen LogP contribution >= 0.6 is 0 Å². The summed E-state index contributed by atoms with van der Waals surface area (Å²) in [6, 6.07) is 12.9. The van der Waals surface area contributed by atoms with E-state index in [-0.39, 0.29) is 0 Å². The van der Waals surface area contributed by atoms with Gasteiger partial charge < -0.3 is 9.47 Å². The van der Waals surface area contributed by atoms with Crippen LogP contribution in [0.1, 0.15) is 0 Å². The van der Waals surface area contributed by atoms with E-state index in [0.717, 1.165) is 5.75 Å². The minimum atomic E-state index is 0.575. The Labute approximate surface area is 88.3 Å². The molecule has 0 unspecified atom stereocenters. The van der Waals surface area contributed by atoms with Crippen LogP contribution in [0.2, 0.25) is 0 Å². The lowest BCUT2D eigenvalue weighted by Crippen LogP contribution is -1.88. The summed E-state index contributed by atoms with van der Waals surface area (Å²) < 4.78 is 10.6. The highest BCUT2D eigenvalue weighted by molar-refractivity contribution is 5.34. The van der Waals surface area contributed by atoms with Gasteiger partial charge in [-0.3, -0.25) is 0 Å². The standard InChI is InChI=1S/C12H11NO2/c1-14-10-5-4-6-11(9-10)15-12-7-2-3-8-13-12/h2-9H,1H3. The Morgan fingerprint density at radius 1 is 1.00 bits per heavy atom. The Morgan fingerprint density at radius 2 is 1.87 bits per heavy atom. The molecule has 0 spiro atoms. The predicted molar refractivity (Wildman–Crippen MR) is 57.3 cm³/mol. The van der Waals surface area contributed by atoms with Gasteiger partial charge in [0, 0.05) is 18.3 Å². The molecule has 3 nitrogen and oxygen atoms in total. The number of ether oxygens (including phenoxy) is 2. The van der Waals surface area contributed by atoms with Gasteiger partial charge >= 0.3 is 0 Å². The van der Waals surface area contributed by atoms with Gasteiger partial charge in [0.25, 0.3) is 0 Å². The van der Waals surface area contributed by atoms with Crippen molar-refractivity contribution in [1.29, 1.82) is 0 Å². The zero-order valence-electron chi connectivity index (χ0n) is 8.38. The second kappa shape index (κ2) is 4.46. The molecular weight excluding hydrogens is 190 g/mol. The van der Waals surface area contributed by atoms with Crippen molar-refractivity contribution in [1.82, 2.24) is 4.98 Å². The first-order chi connectivity index (χ1) is 7.38. The molecule has 0 N–H and O–H groups in total. The average Bonchev–Trinajstić information content (AvgIpc) is 2.31. The van der Waals surface area contributed by atoms with Crippen LogP contribution in [-0.4, -0.2) is 12.1 Å².